The van der Waals surface area contributed by atoms with Crippen molar-refractivity contribution in [3.05, 3.63) is 94.8 Å². The number of nitriles is 1. The average Bonchev–Trinajstić information content (AvgIpc) is 2.69. The third kappa shape index (κ3) is 4.87. The molecule has 2 N–H and O–H groups in total. The van der Waals surface area contributed by atoms with Gasteiger partial charge in [-0.05, 0) is 41.5 Å². The number of hydrogen-bond donors (Lipinski definition) is 2. The molecule has 0 aromatic heterocycles. The molecule has 0 saturated heterocycles. The van der Waals surface area contributed by atoms with Gasteiger partial charge in [0.05, 0.1) is 18.5 Å². The van der Waals surface area contributed by atoms with Crippen LogP contribution in [-0.2, 0) is 4.79 Å². The van der Waals surface area contributed by atoms with E-state index in [1.807, 2.05) is 30.3 Å². The first-order valence-corrected chi connectivity index (χ1v) is 8.98. The second-order valence-corrected chi connectivity index (χ2v) is 6.53. The van der Waals surface area contributed by atoms with Gasteiger partial charge in [0.2, 0.25) is 5.91 Å². The molecule has 3 rings (SSSR count). The molecule has 1 amide bonds. The van der Waals surface area contributed by atoms with Crippen LogP contribution in [0.5, 0.6) is 0 Å². The lowest BCUT2D eigenvalue weighted by molar-refractivity contribution is -0.114. The van der Waals surface area contributed by atoms with Crippen LogP contribution in [0, 0.1) is 17.1 Å². The van der Waals surface area contributed by atoms with Crippen LogP contribution in [0.15, 0.2) is 72.8 Å². The molecule has 140 valence electrons. The Balaban J connectivity index is 1.65. The molecule has 0 fully saturated rings. The van der Waals surface area contributed by atoms with Gasteiger partial charge in [-0.2, -0.15) is 5.26 Å². The van der Waals surface area contributed by atoms with E-state index in [0.29, 0.717) is 22.0 Å². The molecule has 0 bridgehead atoms. The molecule has 0 saturated carbocycles. The van der Waals surface area contributed by atoms with E-state index in [0.717, 1.165) is 5.56 Å². The van der Waals surface area contributed by atoms with Gasteiger partial charge in [-0.15, -0.1) is 0 Å². The molecule has 1 atom stereocenters. The van der Waals surface area contributed by atoms with Crippen molar-refractivity contribution in [2.45, 2.75) is 5.92 Å². The number of nitrogens with one attached hydrogen (secondary N) is 2. The first-order chi connectivity index (χ1) is 13.6. The summed E-state index contributed by atoms with van der Waals surface area (Å²) in [6.07, 6.45) is 0. The number of benzene rings is 3. The van der Waals surface area contributed by atoms with Gasteiger partial charge in [-0.3, -0.25) is 4.79 Å². The fourth-order valence-electron chi connectivity index (χ4n) is 2.79. The smallest absolute Gasteiger partial charge is 0.243 e. The van der Waals surface area contributed by atoms with Crippen LogP contribution < -0.4 is 10.6 Å². The molecule has 0 aliphatic carbocycles. The summed E-state index contributed by atoms with van der Waals surface area (Å²) in [6, 6.07) is 22.6. The maximum absolute atomic E-state index is 13.2. The molecule has 0 aliphatic rings. The molecule has 6 heteroatoms. The van der Waals surface area contributed by atoms with Gasteiger partial charge in [0.15, 0.2) is 0 Å². The summed E-state index contributed by atoms with van der Waals surface area (Å²) in [5, 5.41) is 15.6. The quantitative estimate of drug-likeness (QED) is 0.606. The Kier molecular flexibility index (Phi) is 6.25. The molecule has 4 nitrogen and oxygen atoms in total. The number of carbonyl (C=O) groups is 1. The van der Waals surface area contributed by atoms with E-state index in [-0.39, 0.29) is 12.5 Å². The standard InChI is InChI=1S/C22H17ClFN3O/c23-21-12-17(26-14-22(28)27-18-8-4-7-16(24)11-18)9-10-19(21)20(13-25)15-5-2-1-3-6-15/h1-12,20,26H,14H2,(H,27,28). The minimum atomic E-state index is -0.473. The monoisotopic (exact) mass is 393 g/mol. The molecule has 3 aromatic carbocycles. The Hall–Kier alpha value is -3.36. The number of nitrogens with zero attached hydrogens (tertiary/aromatic N) is 1. The molecule has 28 heavy (non-hydrogen) atoms. The number of halogens is 2. The van der Waals surface area contributed by atoms with Crippen molar-refractivity contribution in [3.63, 3.8) is 0 Å². The van der Waals surface area contributed by atoms with Crippen LogP contribution in [-0.4, -0.2) is 12.5 Å². The SMILES string of the molecule is N#CC(c1ccccc1)c1ccc(NCC(=O)Nc2cccc(F)c2)cc1Cl. The summed E-state index contributed by atoms with van der Waals surface area (Å²) in [4.78, 5) is 12.0. The summed E-state index contributed by atoms with van der Waals surface area (Å²) in [7, 11) is 0. The number of anilines is 2. The number of hydrogen-bond acceptors (Lipinski definition) is 3. The highest BCUT2D eigenvalue weighted by Crippen LogP contribution is 2.31. The largest absolute Gasteiger partial charge is 0.376 e. The number of amides is 1. The van der Waals surface area contributed by atoms with E-state index >= 15 is 0 Å². The van der Waals surface area contributed by atoms with Crippen LogP contribution in [0.4, 0.5) is 15.8 Å². The van der Waals surface area contributed by atoms with Crippen molar-refractivity contribution in [1.82, 2.24) is 0 Å². The average molecular weight is 394 g/mol. The highest BCUT2D eigenvalue weighted by Gasteiger charge is 2.16. The summed E-state index contributed by atoms with van der Waals surface area (Å²) in [6.45, 7) is -0.00739. The summed E-state index contributed by atoms with van der Waals surface area (Å²) < 4.78 is 13.2. The zero-order chi connectivity index (χ0) is 19.9. The normalized spacial score (nSPS) is 11.3. The van der Waals surface area contributed by atoms with Crippen molar-refractivity contribution in [2.24, 2.45) is 0 Å². The van der Waals surface area contributed by atoms with Crippen molar-refractivity contribution < 1.29 is 9.18 Å². The molecule has 1 unspecified atom stereocenters. The van der Waals surface area contributed by atoms with E-state index in [9.17, 15) is 14.4 Å². The third-order valence-corrected chi connectivity index (χ3v) is 4.46. The van der Waals surface area contributed by atoms with E-state index < -0.39 is 11.7 Å². The zero-order valence-corrected chi connectivity index (χ0v) is 15.6. The van der Waals surface area contributed by atoms with E-state index in [4.69, 9.17) is 11.6 Å². The van der Waals surface area contributed by atoms with Gasteiger partial charge in [-0.1, -0.05) is 54.1 Å². The Morgan fingerprint density at radius 3 is 2.50 bits per heavy atom. The first kappa shape index (κ1) is 19.4. The second-order valence-electron chi connectivity index (χ2n) is 6.12. The molecular weight excluding hydrogens is 377 g/mol. The van der Waals surface area contributed by atoms with Crippen LogP contribution in [0.1, 0.15) is 17.0 Å². The minimum Gasteiger partial charge on any atom is -0.376 e. The maximum Gasteiger partial charge on any atom is 0.243 e. The predicted octanol–water partition coefficient (Wildman–Crippen LogP) is 5.19. The molecule has 0 aliphatic heterocycles. The lowest BCUT2D eigenvalue weighted by atomic mass is 9.92. The fourth-order valence-corrected chi connectivity index (χ4v) is 3.08. The minimum absolute atomic E-state index is 0.00739. The molecule has 0 radical (unpaired) electrons. The van der Waals surface area contributed by atoms with Gasteiger partial charge < -0.3 is 10.6 Å². The zero-order valence-electron chi connectivity index (χ0n) is 14.8. The van der Waals surface area contributed by atoms with Crippen molar-refractivity contribution in [2.75, 3.05) is 17.2 Å². The van der Waals surface area contributed by atoms with Crippen molar-refractivity contribution >= 4 is 28.9 Å². The summed E-state index contributed by atoms with van der Waals surface area (Å²) >= 11 is 6.38. The molecular formula is C22H17ClFN3O. The predicted molar refractivity (Wildman–Crippen MR) is 109 cm³/mol. The highest BCUT2D eigenvalue weighted by atomic mass is 35.5. The van der Waals surface area contributed by atoms with E-state index in [1.165, 1.54) is 18.2 Å². The fraction of sp³-hybridized carbons (Fsp3) is 0.0909. The van der Waals surface area contributed by atoms with Gasteiger partial charge in [-0.25, -0.2) is 4.39 Å². The van der Waals surface area contributed by atoms with Gasteiger partial charge in [0, 0.05) is 16.4 Å². The van der Waals surface area contributed by atoms with Crippen LogP contribution >= 0.6 is 11.6 Å². The van der Waals surface area contributed by atoms with Gasteiger partial charge in [0.25, 0.3) is 0 Å². The van der Waals surface area contributed by atoms with Crippen LogP contribution in [0.3, 0.4) is 0 Å². The number of rotatable bonds is 6. The molecule has 0 spiro atoms. The summed E-state index contributed by atoms with van der Waals surface area (Å²) in [5.41, 5.74) is 2.60. The topological polar surface area (TPSA) is 64.9 Å². The maximum atomic E-state index is 13.2. The van der Waals surface area contributed by atoms with E-state index in [1.54, 1.807) is 24.3 Å². The number of carbonyl (C=O) groups excluding carboxylic acids is 1. The van der Waals surface area contributed by atoms with Crippen LogP contribution in [0.2, 0.25) is 5.02 Å². The highest BCUT2D eigenvalue weighted by molar-refractivity contribution is 6.31. The lowest BCUT2D eigenvalue weighted by Gasteiger charge is -2.14. The Bertz CT molecular complexity index is 1020. The lowest BCUT2D eigenvalue weighted by Crippen LogP contribution is -2.21. The Labute approximate surface area is 167 Å². The molecule has 3 aromatic rings. The van der Waals surface area contributed by atoms with Gasteiger partial charge >= 0.3 is 0 Å². The first-order valence-electron chi connectivity index (χ1n) is 8.60. The second kappa shape index (κ2) is 9.03. The van der Waals surface area contributed by atoms with Gasteiger partial charge in [0.1, 0.15) is 5.82 Å². The van der Waals surface area contributed by atoms with Crippen molar-refractivity contribution in [1.29, 1.82) is 5.26 Å². The van der Waals surface area contributed by atoms with Crippen LogP contribution in [0.25, 0.3) is 0 Å². The third-order valence-electron chi connectivity index (χ3n) is 4.13. The molecule has 0 heterocycles. The Morgan fingerprint density at radius 2 is 1.82 bits per heavy atom. The van der Waals surface area contributed by atoms with E-state index in [2.05, 4.69) is 16.7 Å². The summed E-state index contributed by atoms with van der Waals surface area (Å²) in [5.74, 6) is -1.21. The van der Waals surface area contributed by atoms with Crippen molar-refractivity contribution in [3.8, 4) is 6.07 Å². The Morgan fingerprint density at radius 1 is 1.04 bits per heavy atom.